The molecule has 0 aliphatic heterocycles. The molecule has 1 aliphatic rings. The van der Waals surface area contributed by atoms with E-state index in [9.17, 15) is 4.79 Å². The maximum Gasteiger partial charge on any atom is 0.220 e. The van der Waals surface area contributed by atoms with Gasteiger partial charge in [-0.3, -0.25) is 4.79 Å². The predicted molar refractivity (Wildman–Crippen MR) is 83.0 cm³/mol. The van der Waals surface area contributed by atoms with E-state index in [1.807, 2.05) is 35.9 Å². The number of aromatic nitrogens is 2. The van der Waals surface area contributed by atoms with Crippen molar-refractivity contribution in [1.29, 1.82) is 0 Å². The van der Waals surface area contributed by atoms with Gasteiger partial charge < -0.3 is 9.72 Å². The first-order chi connectivity index (χ1) is 10.2. The number of carbonyl (C=O) groups is 1. The highest BCUT2D eigenvalue weighted by molar-refractivity contribution is 5.76. The quantitative estimate of drug-likeness (QED) is 0.937. The molecule has 2 aromatic heterocycles. The van der Waals surface area contributed by atoms with Crippen LogP contribution in [0.2, 0.25) is 0 Å². The summed E-state index contributed by atoms with van der Waals surface area (Å²) in [6.45, 7) is 2.57. The van der Waals surface area contributed by atoms with Crippen LogP contribution in [0.15, 0.2) is 24.5 Å². The Morgan fingerprint density at radius 2 is 2.19 bits per heavy atom. The van der Waals surface area contributed by atoms with Crippen LogP contribution in [0.4, 0.5) is 0 Å². The zero-order valence-electron chi connectivity index (χ0n) is 12.6. The van der Waals surface area contributed by atoms with E-state index in [0.29, 0.717) is 18.9 Å². The van der Waals surface area contributed by atoms with Gasteiger partial charge in [0.05, 0.1) is 12.2 Å². The van der Waals surface area contributed by atoms with E-state index >= 15 is 0 Å². The summed E-state index contributed by atoms with van der Waals surface area (Å²) in [5.41, 5.74) is 3.03. The van der Waals surface area contributed by atoms with Gasteiger partial charge in [-0.2, -0.15) is 0 Å². The number of aryl methyl sites for hydroxylation is 1. The van der Waals surface area contributed by atoms with Gasteiger partial charge in [0.2, 0.25) is 5.91 Å². The molecule has 0 unspecified atom stereocenters. The van der Waals surface area contributed by atoms with E-state index in [1.54, 1.807) is 0 Å². The van der Waals surface area contributed by atoms with E-state index in [0.717, 1.165) is 16.9 Å². The lowest BCUT2D eigenvalue weighted by Gasteiger charge is -2.20. The Bertz CT molecular complexity index is 626. The molecule has 0 radical (unpaired) electrons. The van der Waals surface area contributed by atoms with Crippen molar-refractivity contribution in [3.8, 4) is 0 Å². The van der Waals surface area contributed by atoms with Gasteiger partial charge in [0.1, 0.15) is 5.65 Å². The smallest absolute Gasteiger partial charge is 0.220 e. The number of amides is 1. The second-order valence-corrected chi connectivity index (χ2v) is 6.14. The molecule has 0 spiro atoms. The molecule has 3 rings (SSSR count). The Kier molecular flexibility index (Phi) is 4.23. The third-order valence-corrected chi connectivity index (χ3v) is 4.39. The highest BCUT2D eigenvalue weighted by Crippen LogP contribution is 2.26. The number of rotatable bonds is 4. The van der Waals surface area contributed by atoms with Crippen LogP contribution in [0.25, 0.3) is 5.65 Å². The molecule has 4 nitrogen and oxygen atoms in total. The first-order valence-corrected chi connectivity index (χ1v) is 7.92. The Morgan fingerprint density at radius 3 is 2.95 bits per heavy atom. The maximum atomic E-state index is 12.0. The van der Waals surface area contributed by atoms with Crippen molar-refractivity contribution in [2.24, 2.45) is 5.92 Å². The Labute approximate surface area is 125 Å². The minimum atomic E-state index is 0.163. The standard InChI is InChI=1S/C17H23N3O/c1-13-6-5-9-20-12-15(19-17(13)20)11-18-16(21)10-14-7-3-2-4-8-14/h5-6,9,12,14H,2-4,7-8,10-11H2,1H3,(H,18,21). The van der Waals surface area contributed by atoms with Crippen LogP contribution < -0.4 is 5.32 Å². The molecule has 1 saturated carbocycles. The van der Waals surface area contributed by atoms with Crippen LogP contribution >= 0.6 is 0 Å². The van der Waals surface area contributed by atoms with Crippen LogP contribution in [-0.4, -0.2) is 15.3 Å². The van der Waals surface area contributed by atoms with Crippen LogP contribution in [0.3, 0.4) is 0 Å². The number of carbonyl (C=O) groups excluding carboxylic acids is 1. The molecule has 21 heavy (non-hydrogen) atoms. The zero-order valence-corrected chi connectivity index (χ0v) is 12.6. The minimum Gasteiger partial charge on any atom is -0.350 e. The molecule has 1 N–H and O–H groups in total. The van der Waals surface area contributed by atoms with E-state index in [2.05, 4.69) is 10.3 Å². The van der Waals surface area contributed by atoms with Gasteiger partial charge in [-0.25, -0.2) is 4.98 Å². The molecule has 1 fully saturated rings. The molecule has 2 aromatic rings. The fourth-order valence-corrected chi connectivity index (χ4v) is 3.20. The topological polar surface area (TPSA) is 46.4 Å². The first kappa shape index (κ1) is 14.1. The number of fused-ring (bicyclic) bond motifs is 1. The molecular weight excluding hydrogens is 262 g/mol. The monoisotopic (exact) mass is 285 g/mol. The highest BCUT2D eigenvalue weighted by atomic mass is 16.1. The van der Waals surface area contributed by atoms with Crippen molar-refractivity contribution in [1.82, 2.24) is 14.7 Å². The Hall–Kier alpha value is -1.84. The summed E-state index contributed by atoms with van der Waals surface area (Å²) in [6, 6.07) is 4.06. The summed E-state index contributed by atoms with van der Waals surface area (Å²) in [5, 5.41) is 3.01. The van der Waals surface area contributed by atoms with Crippen molar-refractivity contribution in [3.05, 3.63) is 35.8 Å². The van der Waals surface area contributed by atoms with Gasteiger partial charge in [-0.1, -0.05) is 25.3 Å². The van der Waals surface area contributed by atoms with Crippen LogP contribution in [-0.2, 0) is 11.3 Å². The van der Waals surface area contributed by atoms with Crippen molar-refractivity contribution < 1.29 is 4.79 Å². The van der Waals surface area contributed by atoms with Gasteiger partial charge >= 0.3 is 0 Å². The molecular formula is C17H23N3O. The lowest BCUT2D eigenvalue weighted by molar-refractivity contribution is -0.122. The Balaban J connectivity index is 1.55. The maximum absolute atomic E-state index is 12.0. The average molecular weight is 285 g/mol. The largest absolute Gasteiger partial charge is 0.350 e. The molecule has 0 saturated heterocycles. The number of imidazole rings is 1. The van der Waals surface area contributed by atoms with Gasteiger partial charge in [0.15, 0.2) is 0 Å². The molecule has 1 amide bonds. The summed E-state index contributed by atoms with van der Waals surface area (Å²) in [6.07, 6.45) is 11.0. The molecule has 1 aliphatic carbocycles. The summed E-state index contributed by atoms with van der Waals surface area (Å²) in [7, 11) is 0. The Morgan fingerprint density at radius 1 is 1.38 bits per heavy atom. The second kappa shape index (κ2) is 6.29. The van der Waals surface area contributed by atoms with Crippen LogP contribution in [0.5, 0.6) is 0 Å². The van der Waals surface area contributed by atoms with E-state index in [-0.39, 0.29) is 5.91 Å². The van der Waals surface area contributed by atoms with Crippen molar-refractivity contribution >= 4 is 11.6 Å². The van der Waals surface area contributed by atoms with Gasteiger partial charge in [0.25, 0.3) is 0 Å². The summed E-state index contributed by atoms with van der Waals surface area (Å²) >= 11 is 0. The lowest BCUT2D eigenvalue weighted by Crippen LogP contribution is -2.26. The summed E-state index contributed by atoms with van der Waals surface area (Å²) in [5.74, 6) is 0.748. The number of nitrogens with one attached hydrogen (secondary N) is 1. The molecule has 0 aromatic carbocycles. The van der Waals surface area contributed by atoms with Gasteiger partial charge in [0, 0.05) is 18.8 Å². The van der Waals surface area contributed by atoms with Crippen molar-refractivity contribution in [3.63, 3.8) is 0 Å². The number of nitrogens with zero attached hydrogens (tertiary/aromatic N) is 2. The van der Waals surface area contributed by atoms with Gasteiger partial charge in [-0.05, 0) is 37.3 Å². The minimum absolute atomic E-state index is 0.163. The van der Waals surface area contributed by atoms with Crippen molar-refractivity contribution in [2.45, 2.75) is 52.0 Å². The molecule has 2 heterocycles. The third kappa shape index (κ3) is 3.43. The summed E-state index contributed by atoms with van der Waals surface area (Å²) in [4.78, 5) is 16.6. The van der Waals surface area contributed by atoms with Crippen LogP contribution in [0.1, 0.15) is 49.8 Å². The number of hydrogen-bond acceptors (Lipinski definition) is 2. The van der Waals surface area contributed by atoms with E-state index in [1.165, 1.54) is 32.1 Å². The van der Waals surface area contributed by atoms with Crippen molar-refractivity contribution in [2.75, 3.05) is 0 Å². The highest BCUT2D eigenvalue weighted by Gasteiger charge is 2.17. The van der Waals surface area contributed by atoms with Gasteiger partial charge in [-0.15, -0.1) is 0 Å². The second-order valence-electron chi connectivity index (χ2n) is 6.14. The fraction of sp³-hybridized carbons (Fsp3) is 0.529. The molecule has 112 valence electrons. The number of hydrogen-bond donors (Lipinski definition) is 1. The lowest BCUT2D eigenvalue weighted by atomic mass is 9.87. The first-order valence-electron chi connectivity index (χ1n) is 7.92. The van der Waals surface area contributed by atoms with E-state index < -0.39 is 0 Å². The normalized spacial score (nSPS) is 16.2. The summed E-state index contributed by atoms with van der Waals surface area (Å²) < 4.78 is 2.01. The van der Waals surface area contributed by atoms with Crippen LogP contribution in [0, 0.1) is 12.8 Å². The van der Waals surface area contributed by atoms with E-state index in [4.69, 9.17) is 0 Å². The third-order valence-electron chi connectivity index (χ3n) is 4.39. The number of pyridine rings is 1. The molecule has 4 heteroatoms. The fourth-order valence-electron chi connectivity index (χ4n) is 3.20. The molecule has 0 bridgehead atoms. The predicted octanol–water partition coefficient (Wildman–Crippen LogP) is 3.23. The molecule has 0 atom stereocenters. The average Bonchev–Trinajstić information content (AvgIpc) is 2.91. The SMILES string of the molecule is Cc1cccn2cc(CNC(=O)CC3CCCCC3)nc12. The zero-order chi connectivity index (χ0) is 14.7.